The highest BCUT2D eigenvalue weighted by molar-refractivity contribution is 7.19. The summed E-state index contributed by atoms with van der Waals surface area (Å²) in [6, 6.07) is 15.6. The SMILES string of the molecule is Cc1sc2ccccc2c1C(=O)c1ccc(OCCC[N+](C)(C)C)cc1. The summed E-state index contributed by atoms with van der Waals surface area (Å²) in [7, 11) is 6.53. The summed E-state index contributed by atoms with van der Waals surface area (Å²) < 4.78 is 7.89. The number of ketones is 1. The first-order chi connectivity index (χ1) is 12.3. The summed E-state index contributed by atoms with van der Waals surface area (Å²) in [4.78, 5) is 14.1. The van der Waals surface area contributed by atoms with Crippen molar-refractivity contribution in [2.24, 2.45) is 0 Å². The number of thiophene rings is 1. The van der Waals surface area contributed by atoms with E-state index < -0.39 is 0 Å². The summed E-state index contributed by atoms with van der Waals surface area (Å²) in [5, 5.41) is 1.04. The molecule has 1 aromatic heterocycles. The molecule has 3 nitrogen and oxygen atoms in total. The van der Waals surface area contributed by atoms with Crippen LogP contribution in [0, 0.1) is 6.92 Å². The molecule has 3 rings (SSSR count). The standard InChI is InChI=1S/C22H26NO2S/c1-16-21(19-8-5-6-9-20(19)26-16)22(24)17-10-12-18(13-11-17)25-15-7-14-23(2,3)4/h5-6,8-13H,7,14-15H2,1-4H3/q+1. The van der Waals surface area contributed by atoms with Gasteiger partial charge in [-0.25, -0.2) is 0 Å². The Labute approximate surface area is 159 Å². The molecule has 0 aliphatic rings. The van der Waals surface area contributed by atoms with Crippen LogP contribution in [0.25, 0.3) is 10.1 Å². The number of nitrogens with zero attached hydrogens (tertiary/aromatic N) is 1. The van der Waals surface area contributed by atoms with Crippen molar-refractivity contribution in [1.29, 1.82) is 0 Å². The first-order valence-corrected chi connectivity index (χ1v) is 9.73. The van der Waals surface area contributed by atoms with E-state index in [-0.39, 0.29) is 5.78 Å². The number of hydrogen-bond acceptors (Lipinski definition) is 3. The Bertz CT molecular complexity index is 904. The zero-order valence-corrected chi connectivity index (χ0v) is 16.7. The molecule has 136 valence electrons. The summed E-state index contributed by atoms with van der Waals surface area (Å²) in [5.41, 5.74) is 1.53. The Hall–Kier alpha value is -2.17. The van der Waals surface area contributed by atoms with Gasteiger partial charge >= 0.3 is 0 Å². The van der Waals surface area contributed by atoms with Gasteiger partial charge in [0.1, 0.15) is 5.75 Å². The quantitative estimate of drug-likeness (QED) is 0.336. The molecule has 0 atom stereocenters. The van der Waals surface area contributed by atoms with Gasteiger partial charge in [0, 0.05) is 32.5 Å². The normalized spacial score (nSPS) is 11.7. The molecular formula is C22H26NO2S+. The number of aryl methyl sites for hydroxylation is 1. The lowest BCUT2D eigenvalue weighted by Gasteiger charge is -2.23. The Balaban J connectivity index is 1.70. The third kappa shape index (κ3) is 4.32. The predicted octanol–water partition coefficient (Wildman–Crippen LogP) is 4.92. The lowest BCUT2D eigenvalue weighted by molar-refractivity contribution is -0.870. The van der Waals surface area contributed by atoms with Crippen LogP contribution in [-0.4, -0.2) is 44.6 Å². The number of benzene rings is 2. The van der Waals surface area contributed by atoms with Crippen LogP contribution in [0.3, 0.4) is 0 Å². The summed E-state index contributed by atoms with van der Waals surface area (Å²) in [6.45, 7) is 3.78. The van der Waals surface area contributed by atoms with Gasteiger partial charge in [-0.15, -0.1) is 11.3 Å². The van der Waals surface area contributed by atoms with E-state index in [1.165, 1.54) is 0 Å². The van der Waals surface area contributed by atoms with Crippen LogP contribution in [0.4, 0.5) is 0 Å². The molecule has 0 fully saturated rings. The average molecular weight is 369 g/mol. The number of hydrogen-bond donors (Lipinski definition) is 0. The summed E-state index contributed by atoms with van der Waals surface area (Å²) >= 11 is 1.67. The van der Waals surface area contributed by atoms with Gasteiger partial charge in [-0.1, -0.05) is 18.2 Å². The second kappa shape index (κ2) is 7.60. The van der Waals surface area contributed by atoms with Gasteiger partial charge in [0.25, 0.3) is 0 Å². The van der Waals surface area contributed by atoms with Gasteiger partial charge in [0.2, 0.25) is 0 Å². The minimum Gasteiger partial charge on any atom is -0.493 e. The van der Waals surface area contributed by atoms with E-state index in [2.05, 4.69) is 27.2 Å². The number of ether oxygens (including phenoxy) is 1. The monoisotopic (exact) mass is 368 g/mol. The van der Waals surface area contributed by atoms with Crippen LogP contribution >= 0.6 is 11.3 Å². The molecule has 4 heteroatoms. The fraction of sp³-hybridized carbons (Fsp3) is 0.318. The first kappa shape index (κ1) is 18.6. The molecule has 26 heavy (non-hydrogen) atoms. The van der Waals surface area contributed by atoms with Crippen LogP contribution in [0.1, 0.15) is 27.2 Å². The number of quaternary nitrogens is 1. The van der Waals surface area contributed by atoms with Gasteiger partial charge < -0.3 is 9.22 Å². The van der Waals surface area contributed by atoms with Crippen molar-refractivity contribution < 1.29 is 14.0 Å². The molecule has 0 unspecified atom stereocenters. The Morgan fingerprint density at radius 2 is 1.73 bits per heavy atom. The molecule has 0 saturated heterocycles. The van der Waals surface area contributed by atoms with Crippen LogP contribution in [-0.2, 0) is 0 Å². The van der Waals surface area contributed by atoms with Crippen molar-refractivity contribution in [2.75, 3.05) is 34.3 Å². The molecule has 0 radical (unpaired) electrons. The molecule has 0 amide bonds. The van der Waals surface area contributed by atoms with Crippen molar-refractivity contribution in [3.8, 4) is 5.75 Å². The third-order valence-corrected chi connectivity index (χ3v) is 5.44. The Morgan fingerprint density at radius 1 is 1.04 bits per heavy atom. The number of fused-ring (bicyclic) bond motifs is 1. The molecule has 2 aromatic carbocycles. The highest BCUT2D eigenvalue weighted by Gasteiger charge is 2.17. The van der Waals surface area contributed by atoms with Gasteiger partial charge in [-0.05, 0) is 37.3 Å². The Kier molecular flexibility index (Phi) is 5.44. The zero-order valence-electron chi connectivity index (χ0n) is 15.9. The molecule has 0 saturated carbocycles. The van der Waals surface area contributed by atoms with Crippen LogP contribution < -0.4 is 4.74 Å². The maximum Gasteiger partial charge on any atom is 0.194 e. The van der Waals surface area contributed by atoms with E-state index in [4.69, 9.17) is 4.74 Å². The lowest BCUT2D eigenvalue weighted by Crippen LogP contribution is -2.35. The largest absolute Gasteiger partial charge is 0.493 e. The van der Waals surface area contributed by atoms with E-state index in [0.29, 0.717) is 12.2 Å². The van der Waals surface area contributed by atoms with Crippen LogP contribution in [0.15, 0.2) is 48.5 Å². The van der Waals surface area contributed by atoms with Crippen LogP contribution in [0.2, 0.25) is 0 Å². The molecule has 0 N–H and O–H groups in total. The molecule has 0 spiro atoms. The van der Waals surface area contributed by atoms with E-state index in [1.54, 1.807) is 11.3 Å². The molecule has 0 bridgehead atoms. The van der Waals surface area contributed by atoms with E-state index in [1.807, 2.05) is 49.4 Å². The molecular weight excluding hydrogens is 342 g/mol. The second-order valence-electron chi connectivity index (χ2n) is 7.60. The van der Waals surface area contributed by atoms with Crippen molar-refractivity contribution in [3.05, 3.63) is 64.5 Å². The summed E-state index contributed by atoms with van der Waals surface area (Å²) in [6.07, 6.45) is 1.00. The number of carbonyl (C=O) groups is 1. The fourth-order valence-corrected chi connectivity index (χ4v) is 4.09. The van der Waals surface area contributed by atoms with Gasteiger partial charge in [0.05, 0.1) is 34.3 Å². The second-order valence-corrected chi connectivity index (χ2v) is 8.86. The van der Waals surface area contributed by atoms with Gasteiger partial charge in [-0.2, -0.15) is 0 Å². The van der Waals surface area contributed by atoms with E-state index >= 15 is 0 Å². The van der Waals surface area contributed by atoms with Crippen molar-refractivity contribution in [1.82, 2.24) is 0 Å². The number of rotatable bonds is 7. The van der Waals surface area contributed by atoms with Gasteiger partial charge in [-0.3, -0.25) is 4.79 Å². The molecule has 0 aliphatic carbocycles. The molecule has 3 aromatic rings. The Morgan fingerprint density at radius 3 is 2.42 bits per heavy atom. The smallest absolute Gasteiger partial charge is 0.194 e. The van der Waals surface area contributed by atoms with Crippen molar-refractivity contribution in [3.63, 3.8) is 0 Å². The minimum atomic E-state index is 0.0801. The maximum atomic E-state index is 13.0. The highest BCUT2D eigenvalue weighted by Crippen LogP contribution is 2.32. The number of carbonyl (C=O) groups excluding carboxylic acids is 1. The summed E-state index contributed by atoms with van der Waals surface area (Å²) in [5.74, 6) is 0.895. The van der Waals surface area contributed by atoms with E-state index in [9.17, 15) is 4.79 Å². The average Bonchev–Trinajstić information content (AvgIpc) is 2.93. The minimum absolute atomic E-state index is 0.0801. The van der Waals surface area contributed by atoms with Crippen LogP contribution in [0.5, 0.6) is 5.75 Å². The van der Waals surface area contributed by atoms with E-state index in [0.717, 1.165) is 43.7 Å². The van der Waals surface area contributed by atoms with Crippen molar-refractivity contribution in [2.45, 2.75) is 13.3 Å². The topological polar surface area (TPSA) is 26.3 Å². The van der Waals surface area contributed by atoms with Crippen molar-refractivity contribution >= 4 is 27.2 Å². The predicted molar refractivity (Wildman–Crippen MR) is 109 cm³/mol. The maximum absolute atomic E-state index is 13.0. The highest BCUT2D eigenvalue weighted by atomic mass is 32.1. The fourth-order valence-electron chi connectivity index (χ4n) is 3.03. The first-order valence-electron chi connectivity index (χ1n) is 8.91. The molecule has 0 aliphatic heterocycles. The molecule has 1 heterocycles. The third-order valence-electron chi connectivity index (χ3n) is 4.36. The zero-order chi connectivity index (χ0) is 18.7. The van der Waals surface area contributed by atoms with Gasteiger partial charge in [0.15, 0.2) is 5.78 Å². The lowest BCUT2D eigenvalue weighted by atomic mass is 10.0.